The van der Waals surface area contributed by atoms with Gasteiger partial charge in [0.1, 0.15) is 0 Å². The second-order valence-corrected chi connectivity index (χ2v) is 7.66. The van der Waals surface area contributed by atoms with Crippen LogP contribution in [0.25, 0.3) is 5.69 Å². The molecule has 3 aromatic rings. The van der Waals surface area contributed by atoms with Crippen molar-refractivity contribution in [1.82, 2.24) is 20.4 Å². The first kappa shape index (κ1) is 20.0. The fraction of sp³-hybridized carbons (Fsp3) is 0.333. The molecule has 1 atom stereocenters. The van der Waals surface area contributed by atoms with Crippen molar-refractivity contribution >= 4 is 11.6 Å². The second-order valence-electron chi connectivity index (χ2n) is 7.66. The van der Waals surface area contributed by atoms with Crippen molar-refractivity contribution in [1.29, 1.82) is 0 Å². The van der Waals surface area contributed by atoms with Crippen LogP contribution in [-0.4, -0.2) is 35.9 Å². The number of nitrogens with one attached hydrogen (secondary N) is 2. The summed E-state index contributed by atoms with van der Waals surface area (Å²) in [6.45, 7) is 5.15. The lowest BCUT2D eigenvalue weighted by Crippen LogP contribution is -2.38. The van der Waals surface area contributed by atoms with Crippen LogP contribution >= 0.6 is 0 Å². The van der Waals surface area contributed by atoms with Crippen LogP contribution in [0, 0.1) is 0 Å². The van der Waals surface area contributed by atoms with Gasteiger partial charge in [-0.05, 0) is 55.2 Å². The van der Waals surface area contributed by atoms with Gasteiger partial charge in [-0.25, -0.2) is 4.68 Å². The van der Waals surface area contributed by atoms with Crippen molar-refractivity contribution in [3.8, 4) is 5.69 Å². The molecule has 0 amide bonds. The standard InChI is InChI=1S/C24H30N6/c1-19(20-10-7-11-22(17-20)29-14-5-6-15-29)28-24(25-2)26-18-21-9-3-4-12-23(21)30-16-8-13-27-30/h3-4,7-13,16-17,19H,5-6,14-15,18H2,1-2H3,(H2,25,26,28). The lowest BCUT2D eigenvalue weighted by molar-refractivity contribution is 0.684. The quantitative estimate of drug-likeness (QED) is 0.485. The van der Waals surface area contributed by atoms with Crippen molar-refractivity contribution in [2.75, 3.05) is 25.0 Å². The number of para-hydroxylation sites is 1. The van der Waals surface area contributed by atoms with Gasteiger partial charge >= 0.3 is 0 Å². The summed E-state index contributed by atoms with van der Waals surface area (Å²) in [5, 5.41) is 11.3. The molecule has 0 radical (unpaired) electrons. The van der Waals surface area contributed by atoms with Crippen LogP contribution in [0.1, 0.15) is 36.9 Å². The lowest BCUT2D eigenvalue weighted by atomic mass is 10.1. The predicted octanol–water partition coefficient (Wildman–Crippen LogP) is 3.90. The first-order valence-corrected chi connectivity index (χ1v) is 10.6. The number of nitrogens with zero attached hydrogens (tertiary/aromatic N) is 4. The Balaban J connectivity index is 1.41. The summed E-state index contributed by atoms with van der Waals surface area (Å²) in [5.41, 5.74) is 4.80. The Labute approximate surface area is 178 Å². The number of aromatic nitrogens is 2. The molecular weight excluding hydrogens is 372 g/mol. The molecule has 2 N–H and O–H groups in total. The Hall–Kier alpha value is -3.28. The summed E-state index contributed by atoms with van der Waals surface area (Å²) >= 11 is 0. The van der Waals surface area contributed by atoms with Crippen LogP contribution in [0.15, 0.2) is 72.0 Å². The molecule has 1 unspecified atom stereocenters. The topological polar surface area (TPSA) is 57.5 Å². The number of rotatable bonds is 6. The van der Waals surface area contributed by atoms with Gasteiger partial charge in [0.05, 0.1) is 11.7 Å². The van der Waals surface area contributed by atoms with E-state index < -0.39 is 0 Å². The zero-order chi connectivity index (χ0) is 20.8. The van der Waals surface area contributed by atoms with Crippen molar-refractivity contribution in [2.45, 2.75) is 32.4 Å². The molecule has 1 fully saturated rings. The van der Waals surface area contributed by atoms with Gasteiger partial charge in [-0.3, -0.25) is 4.99 Å². The van der Waals surface area contributed by atoms with E-state index in [0.717, 1.165) is 30.3 Å². The molecule has 0 saturated carbocycles. The maximum Gasteiger partial charge on any atom is 0.191 e. The number of anilines is 1. The van der Waals surface area contributed by atoms with E-state index in [9.17, 15) is 0 Å². The minimum atomic E-state index is 0.153. The van der Waals surface area contributed by atoms with Crippen LogP contribution in [0.2, 0.25) is 0 Å². The van der Waals surface area contributed by atoms with Gasteiger partial charge in [-0.2, -0.15) is 5.10 Å². The highest BCUT2D eigenvalue weighted by Gasteiger charge is 2.15. The minimum absolute atomic E-state index is 0.153. The zero-order valence-corrected chi connectivity index (χ0v) is 17.8. The Morgan fingerprint density at radius 1 is 1.10 bits per heavy atom. The Morgan fingerprint density at radius 3 is 2.70 bits per heavy atom. The molecule has 6 nitrogen and oxygen atoms in total. The molecule has 2 aromatic carbocycles. The maximum atomic E-state index is 4.42. The number of benzene rings is 2. The molecule has 4 rings (SSSR count). The van der Waals surface area contributed by atoms with E-state index >= 15 is 0 Å². The largest absolute Gasteiger partial charge is 0.372 e. The van der Waals surface area contributed by atoms with E-state index in [-0.39, 0.29) is 6.04 Å². The molecule has 1 aliphatic rings. The summed E-state index contributed by atoms with van der Waals surface area (Å²) in [7, 11) is 1.81. The molecule has 6 heteroatoms. The summed E-state index contributed by atoms with van der Waals surface area (Å²) < 4.78 is 1.89. The molecule has 0 aliphatic carbocycles. The Morgan fingerprint density at radius 2 is 1.93 bits per heavy atom. The molecule has 0 spiro atoms. The maximum absolute atomic E-state index is 4.42. The van der Waals surface area contributed by atoms with Crippen LogP contribution < -0.4 is 15.5 Å². The summed E-state index contributed by atoms with van der Waals surface area (Å²) in [5.74, 6) is 0.782. The summed E-state index contributed by atoms with van der Waals surface area (Å²) in [6.07, 6.45) is 6.33. The molecule has 156 valence electrons. The third-order valence-electron chi connectivity index (χ3n) is 5.61. The Kier molecular flexibility index (Phi) is 6.32. The van der Waals surface area contributed by atoms with Gasteiger partial charge in [-0.15, -0.1) is 0 Å². The van der Waals surface area contributed by atoms with E-state index in [4.69, 9.17) is 0 Å². The van der Waals surface area contributed by atoms with E-state index in [2.05, 4.69) is 68.9 Å². The first-order valence-electron chi connectivity index (χ1n) is 10.6. The number of hydrogen-bond donors (Lipinski definition) is 2. The van der Waals surface area contributed by atoms with Crippen LogP contribution in [0.5, 0.6) is 0 Å². The lowest BCUT2D eigenvalue weighted by Gasteiger charge is -2.22. The third-order valence-corrected chi connectivity index (χ3v) is 5.61. The van der Waals surface area contributed by atoms with Crippen LogP contribution in [-0.2, 0) is 6.54 Å². The fourth-order valence-electron chi connectivity index (χ4n) is 3.92. The molecule has 1 saturated heterocycles. The van der Waals surface area contributed by atoms with Gasteiger partial charge in [0, 0.05) is 44.8 Å². The number of aliphatic imine (C=N–C) groups is 1. The third kappa shape index (κ3) is 4.64. The molecular formula is C24H30N6. The van der Waals surface area contributed by atoms with Gasteiger partial charge < -0.3 is 15.5 Å². The fourth-order valence-corrected chi connectivity index (χ4v) is 3.92. The van der Waals surface area contributed by atoms with E-state index in [1.165, 1.54) is 24.1 Å². The zero-order valence-electron chi connectivity index (χ0n) is 17.8. The van der Waals surface area contributed by atoms with Gasteiger partial charge in [0.15, 0.2) is 5.96 Å². The molecule has 0 bridgehead atoms. The van der Waals surface area contributed by atoms with Crippen molar-refractivity contribution in [3.63, 3.8) is 0 Å². The second kappa shape index (κ2) is 9.48. The first-order chi connectivity index (χ1) is 14.7. The van der Waals surface area contributed by atoms with Gasteiger partial charge in [-0.1, -0.05) is 30.3 Å². The van der Waals surface area contributed by atoms with Gasteiger partial charge in [0.2, 0.25) is 0 Å². The molecule has 1 aromatic heterocycles. The summed E-state index contributed by atoms with van der Waals surface area (Å²) in [6, 6.07) is 19.2. The summed E-state index contributed by atoms with van der Waals surface area (Å²) in [4.78, 5) is 6.89. The van der Waals surface area contributed by atoms with Crippen molar-refractivity contribution in [2.24, 2.45) is 4.99 Å². The highest BCUT2D eigenvalue weighted by molar-refractivity contribution is 5.80. The SMILES string of the molecule is CN=C(NCc1ccccc1-n1cccn1)NC(C)c1cccc(N2CCCC2)c1. The van der Waals surface area contributed by atoms with E-state index in [1.54, 1.807) is 6.20 Å². The minimum Gasteiger partial charge on any atom is -0.372 e. The molecule has 2 heterocycles. The van der Waals surface area contributed by atoms with E-state index in [0.29, 0.717) is 6.54 Å². The van der Waals surface area contributed by atoms with Gasteiger partial charge in [0.25, 0.3) is 0 Å². The highest BCUT2D eigenvalue weighted by atomic mass is 15.3. The van der Waals surface area contributed by atoms with Crippen LogP contribution in [0.4, 0.5) is 5.69 Å². The normalized spacial score (nSPS) is 15.3. The number of hydrogen-bond acceptors (Lipinski definition) is 3. The Bertz CT molecular complexity index is 973. The molecule has 30 heavy (non-hydrogen) atoms. The van der Waals surface area contributed by atoms with Crippen LogP contribution in [0.3, 0.4) is 0 Å². The van der Waals surface area contributed by atoms with E-state index in [1.807, 2.05) is 36.1 Å². The van der Waals surface area contributed by atoms with Crippen molar-refractivity contribution in [3.05, 3.63) is 78.1 Å². The highest BCUT2D eigenvalue weighted by Crippen LogP contribution is 2.24. The monoisotopic (exact) mass is 402 g/mol. The smallest absolute Gasteiger partial charge is 0.191 e. The number of guanidine groups is 1. The average molecular weight is 403 g/mol. The average Bonchev–Trinajstić information content (AvgIpc) is 3.51. The molecule has 1 aliphatic heterocycles. The van der Waals surface area contributed by atoms with Crippen molar-refractivity contribution < 1.29 is 0 Å². The predicted molar refractivity (Wildman–Crippen MR) is 123 cm³/mol.